The number of rotatable bonds is 2. The van der Waals surface area contributed by atoms with E-state index in [1.165, 1.54) is 0 Å². The molecule has 5 nitrogen and oxygen atoms in total. The number of carbonyl (C=O) groups excluding carboxylic acids is 2. The van der Waals surface area contributed by atoms with E-state index >= 15 is 0 Å². The second kappa shape index (κ2) is 5.76. The molecule has 0 bridgehead atoms. The molecule has 2 amide bonds. The van der Waals surface area contributed by atoms with E-state index in [-0.39, 0.29) is 5.91 Å². The third-order valence-electron chi connectivity index (χ3n) is 4.72. The Labute approximate surface area is 140 Å². The number of hydroxylamine groups is 1. The Morgan fingerprint density at radius 1 is 1.12 bits per heavy atom. The lowest BCUT2D eigenvalue weighted by atomic mass is 9.91. The average molecular weight is 324 g/mol. The number of carbonyl (C=O) groups is 2. The fraction of sp³-hybridized carbons (Fsp3) is 0.263. The van der Waals surface area contributed by atoms with Crippen LogP contribution in [0.25, 0.3) is 0 Å². The van der Waals surface area contributed by atoms with Gasteiger partial charge in [0, 0.05) is 17.7 Å². The summed E-state index contributed by atoms with van der Waals surface area (Å²) in [6.45, 7) is 6.24. The fourth-order valence-electron chi connectivity index (χ4n) is 3.28. The highest BCUT2D eigenvalue weighted by molar-refractivity contribution is 5.98. The molecule has 2 aromatic rings. The summed E-state index contributed by atoms with van der Waals surface area (Å²) in [7, 11) is 0. The zero-order valence-electron chi connectivity index (χ0n) is 14.0. The molecule has 1 heterocycles. The van der Waals surface area contributed by atoms with Crippen LogP contribution in [-0.2, 0) is 12.1 Å². The van der Waals surface area contributed by atoms with Crippen LogP contribution < -0.4 is 5.48 Å². The molecule has 0 spiro atoms. The van der Waals surface area contributed by atoms with Gasteiger partial charge in [0.05, 0.1) is 5.54 Å². The summed E-state index contributed by atoms with van der Waals surface area (Å²) >= 11 is 0. The monoisotopic (exact) mass is 324 g/mol. The molecule has 24 heavy (non-hydrogen) atoms. The van der Waals surface area contributed by atoms with E-state index in [1.807, 2.05) is 51.1 Å². The van der Waals surface area contributed by atoms with Gasteiger partial charge < -0.3 is 4.90 Å². The molecule has 124 valence electrons. The van der Waals surface area contributed by atoms with Crippen LogP contribution in [-0.4, -0.2) is 21.9 Å². The molecule has 0 saturated carbocycles. The van der Waals surface area contributed by atoms with Crippen LogP contribution in [0.2, 0.25) is 0 Å². The van der Waals surface area contributed by atoms with Gasteiger partial charge in [0.1, 0.15) is 0 Å². The molecular formula is C19H20N2O3. The van der Waals surface area contributed by atoms with E-state index in [0.29, 0.717) is 17.7 Å². The van der Waals surface area contributed by atoms with E-state index in [0.717, 1.165) is 16.7 Å². The molecule has 2 aromatic carbocycles. The van der Waals surface area contributed by atoms with E-state index in [2.05, 4.69) is 0 Å². The van der Waals surface area contributed by atoms with Crippen molar-refractivity contribution in [3.05, 3.63) is 70.3 Å². The molecule has 0 atom stereocenters. The summed E-state index contributed by atoms with van der Waals surface area (Å²) in [5, 5.41) is 8.95. The van der Waals surface area contributed by atoms with E-state index < -0.39 is 11.4 Å². The molecule has 0 saturated heterocycles. The molecule has 0 radical (unpaired) electrons. The number of aryl methyl sites for hydroxylation is 1. The maximum atomic E-state index is 13.0. The number of fused-ring (bicyclic) bond motifs is 1. The van der Waals surface area contributed by atoms with Gasteiger partial charge in [-0.2, -0.15) is 0 Å². The maximum Gasteiger partial charge on any atom is 0.274 e. The third-order valence-corrected chi connectivity index (χ3v) is 4.72. The van der Waals surface area contributed by atoms with Gasteiger partial charge in [0.2, 0.25) is 0 Å². The molecule has 5 heteroatoms. The Kier molecular flexibility index (Phi) is 3.89. The number of amides is 2. The van der Waals surface area contributed by atoms with Crippen LogP contribution in [0.15, 0.2) is 42.5 Å². The van der Waals surface area contributed by atoms with E-state index in [1.54, 1.807) is 22.5 Å². The summed E-state index contributed by atoms with van der Waals surface area (Å²) in [5.41, 5.74) is 4.94. The second-order valence-electron chi connectivity index (χ2n) is 6.59. The van der Waals surface area contributed by atoms with Gasteiger partial charge in [0.15, 0.2) is 0 Å². The van der Waals surface area contributed by atoms with Crippen molar-refractivity contribution in [1.29, 1.82) is 0 Å². The first kappa shape index (κ1) is 16.2. The van der Waals surface area contributed by atoms with Gasteiger partial charge in [-0.05, 0) is 50.1 Å². The smallest absolute Gasteiger partial charge is 0.274 e. The first-order chi connectivity index (χ1) is 11.4. The van der Waals surface area contributed by atoms with Crippen molar-refractivity contribution in [2.24, 2.45) is 0 Å². The summed E-state index contributed by atoms with van der Waals surface area (Å²) in [4.78, 5) is 26.6. The van der Waals surface area contributed by atoms with Crippen LogP contribution in [0, 0.1) is 6.92 Å². The van der Waals surface area contributed by atoms with Crippen molar-refractivity contribution in [1.82, 2.24) is 10.4 Å². The molecule has 1 aliphatic heterocycles. The predicted molar refractivity (Wildman–Crippen MR) is 89.8 cm³/mol. The highest BCUT2D eigenvalue weighted by Crippen LogP contribution is 2.41. The normalized spacial score (nSPS) is 15.1. The van der Waals surface area contributed by atoms with Crippen LogP contribution in [0.1, 0.15) is 51.3 Å². The Hall–Kier alpha value is -2.66. The van der Waals surface area contributed by atoms with Crippen molar-refractivity contribution >= 4 is 11.8 Å². The number of nitrogens with one attached hydrogen (secondary N) is 1. The predicted octanol–water partition coefficient (Wildman–Crippen LogP) is 3.01. The van der Waals surface area contributed by atoms with Gasteiger partial charge in [-0.15, -0.1) is 0 Å². The first-order valence-electron chi connectivity index (χ1n) is 7.81. The maximum absolute atomic E-state index is 13.0. The SMILES string of the molecule is Cc1ccc(C(=O)N2Cc3c(C(=O)NO)cccc3C2(C)C)cc1. The van der Waals surface area contributed by atoms with E-state index in [4.69, 9.17) is 5.21 Å². The quantitative estimate of drug-likeness (QED) is 0.659. The lowest BCUT2D eigenvalue weighted by molar-refractivity contribution is 0.0573. The summed E-state index contributed by atoms with van der Waals surface area (Å²) in [6, 6.07) is 12.8. The van der Waals surface area contributed by atoms with Crippen molar-refractivity contribution in [2.75, 3.05) is 0 Å². The summed E-state index contributed by atoms with van der Waals surface area (Å²) < 4.78 is 0. The summed E-state index contributed by atoms with van der Waals surface area (Å²) in [5.74, 6) is -0.640. The Morgan fingerprint density at radius 2 is 1.79 bits per heavy atom. The molecule has 0 fully saturated rings. The number of nitrogens with zero attached hydrogens (tertiary/aromatic N) is 1. The number of hydrogen-bond acceptors (Lipinski definition) is 3. The molecule has 0 aromatic heterocycles. The largest absolute Gasteiger partial charge is 0.325 e. The van der Waals surface area contributed by atoms with Crippen molar-refractivity contribution < 1.29 is 14.8 Å². The fourth-order valence-corrected chi connectivity index (χ4v) is 3.28. The third kappa shape index (κ3) is 2.47. The number of hydrogen-bond donors (Lipinski definition) is 2. The molecular weight excluding hydrogens is 304 g/mol. The lowest BCUT2D eigenvalue weighted by Gasteiger charge is -2.32. The molecule has 2 N–H and O–H groups in total. The zero-order valence-corrected chi connectivity index (χ0v) is 14.0. The lowest BCUT2D eigenvalue weighted by Crippen LogP contribution is -2.40. The minimum atomic E-state index is -0.563. The van der Waals surface area contributed by atoms with Gasteiger partial charge in [-0.1, -0.05) is 29.8 Å². The van der Waals surface area contributed by atoms with E-state index in [9.17, 15) is 9.59 Å². The topological polar surface area (TPSA) is 69.6 Å². The van der Waals surface area contributed by atoms with Crippen molar-refractivity contribution in [3.63, 3.8) is 0 Å². The van der Waals surface area contributed by atoms with Crippen molar-refractivity contribution in [3.8, 4) is 0 Å². The Bertz CT molecular complexity index is 810. The molecule has 0 aliphatic carbocycles. The van der Waals surface area contributed by atoms with Crippen molar-refractivity contribution in [2.45, 2.75) is 32.9 Å². The van der Waals surface area contributed by atoms with Gasteiger partial charge in [-0.25, -0.2) is 5.48 Å². The number of benzene rings is 2. The van der Waals surface area contributed by atoms with Gasteiger partial charge in [0.25, 0.3) is 11.8 Å². The van der Waals surface area contributed by atoms with Crippen LogP contribution in [0.4, 0.5) is 0 Å². The first-order valence-corrected chi connectivity index (χ1v) is 7.81. The minimum absolute atomic E-state index is 0.0773. The minimum Gasteiger partial charge on any atom is -0.325 e. The van der Waals surface area contributed by atoms with Crippen LogP contribution in [0.3, 0.4) is 0 Å². The highest BCUT2D eigenvalue weighted by atomic mass is 16.5. The standard InChI is InChI=1S/C19H20N2O3/c1-12-7-9-13(10-8-12)18(23)21-11-15-14(17(22)20-24)5-4-6-16(15)19(21,2)3/h4-10,24H,11H2,1-3H3,(H,20,22). The Morgan fingerprint density at radius 3 is 2.42 bits per heavy atom. The van der Waals surface area contributed by atoms with Crippen LogP contribution in [0.5, 0.6) is 0 Å². The zero-order chi connectivity index (χ0) is 17.5. The molecule has 3 rings (SSSR count). The second-order valence-corrected chi connectivity index (χ2v) is 6.59. The highest BCUT2D eigenvalue weighted by Gasteiger charge is 2.42. The molecule has 0 unspecified atom stereocenters. The Balaban J connectivity index is 2.02. The molecule has 1 aliphatic rings. The van der Waals surface area contributed by atoms with Gasteiger partial charge >= 0.3 is 0 Å². The summed E-state index contributed by atoms with van der Waals surface area (Å²) in [6.07, 6.45) is 0. The van der Waals surface area contributed by atoms with Gasteiger partial charge in [-0.3, -0.25) is 14.8 Å². The average Bonchev–Trinajstić information content (AvgIpc) is 2.85. The van der Waals surface area contributed by atoms with Crippen LogP contribution >= 0.6 is 0 Å².